The van der Waals surface area contributed by atoms with Gasteiger partial charge >= 0.3 is 0 Å². The van der Waals surface area contributed by atoms with E-state index in [2.05, 4.69) is 6.92 Å². The first-order chi connectivity index (χ1) is 14.0. The topological polar surface area (TPSA) is 81.8 Å². The van der Waals surface area contributed by atoms with E-state index >= 15 is 0 Å². The van der Waals surface area contributed by atoms with Gasteiger partial charge in [-0.1, -0.05) is 37.3 Å². The molecule has 2 heterocycles. The second kappa shape index (κ2) is 8.14. The van der Waals surface area contributed by atoms with Crippen LogP contribution in [0.2, 0.25) is 0 Å². The highest BCUT2D eigenvalue weighted by molar-refractivity contribution is 7.89. The zero-order valence-electron chi connectivity index (χ0n) is 16.3. The summed E-state index contributed by atoms with van der Waals surface area (Å²) in [6.45, 7) is 3.84. The van der Waals surface area contributed by atoms with Gasteiger partial charge in [0.05, 0.1) is 30.0 Å². The van der Waals surface area contributed by atoms with Crippen LogP contribution in [0.1, 0.15) is 24.8 Å². The summed E-state index contributed by atoms with van der Waals surface area (Å²) in [6.07, 6.45) is 0.851. The molecule has 0 saturated carbocycles. The molecule has 2 aromatic carbocycles. The first-order valence-electron chi connectivity index (χ1n) is 9.77. The predicted octanol–water partition coefficient (Wildman–Crippen LogP) is 2.81. The first-order valence-corrected chi connectivity index (χ1v) is 11.2. The molecular weight excluding hydrogens is 392 g/mol. The summed E-state index contributed by atoms with van der Waals surface area (Å²) >= 11 is 0. The number of sulfonamides is 1. The van der Waals surface area contributed by atoms with Crippen LogP contribution in [-0.4, -0.2) is 43.8 Å². The summed E-state index contributed by atoms with van der Waals surface area (Å²) in [6, 6.07) is 14.5. The first kappa shape index (κ1) is 19.9. The fraction of sp³-hybridized carbons (Fsp3) is 0.381. The van der Waals surface area contributed by atoms with E-state index in [1.54, 1.807) is 6.07 Å². The number of nitrogens with zero attached hydrogens (tertiary/aromatic N) is 2. The molecule has 1 atom stereocenters. The zero-order chi connectivity index (χ0) is 20.4. The van der Waals surface area contributed by atoms with E-state index in [-0.39, 0.29) is 21.8 Å². The molecule has 3 aromatic rings. The number of fused-ring (bicyclic) bond motifs is 1. The Morgan fingerprint density at radius 1 is 1.07 bits per heavy atom. The number of ether oxygens (including phenoxy) is 1. The van der Waals surface area contributed by atoms with E-state index in [0.717, 1.165) is 12.0 Å². The second-order valence-corrected chi connectivity index (χ2v) is 9.09. The fourth-order valence-corrected chi connectivity index (χ4v) is 5.10. The number of aromatic nitrogens is 1. The Hall–Kier alpha value is -2.42. The molecule has 4 rings (SSSR count). The minimum Gasteiger partial charge on any atom is -0.379 e. The molecule has 1 saturated heterocycles. The van der Waals surface area contributed by atoms with Crippen LogP contribution in [-0.2, 0) is 21.3 Å². The number of hydrogen-bond donors (Lipinski definition) is 0. The van der Waals surface area contributed by atoms with Crippen LogP contribution in [0.25, 0.3) is 11.0 Å². The molecule has 1 fully saturated rings. The Labute approximate surface area is 169 Å². The molecule has 29 heavy (non-hydrogen) atoms. The minimum absolute atomic E-state index is 0.104. The minimum atomic E-state index is -3.67. The maximum atomic E-state index is 12.9. The van der Waals surface area contributed by atoms with Crippen LogP contribution in [0.5, 0.6) is 0 Å². The highest BCUT2D eigenvalue weighted by atomic mass is 32.2. The summed E-state index contributed by atoms with van der Waals surface area (Å²) in [7, 11) is -3.67. The third-order valence-corrected chi connectivity index (χ3v) is 7.27. The summed E-state index contributed by atoms with van der Waals surface area (Å²) in [4.78, 5) is 13.0. The normalized spacial score (nSPS) is 16.9. The average molecular weight is 416 g/mol. The molecule has 1 aliphatic rings. The second-order valence-electron chi connectivity index (χ2n) is 7.15. The lowest BCUT2D eigenvalue weighted by molar-refractivity contribution is 0.0730. The van der Waals surface area contributed by atoms with Crippen molar-refractivity contribution in [2.75, 3.05) is 26.3 Å². The van der Waals surface area contributed by atoms with Crippen molar-refractivity contribution in [3.63, 3.8) is 0 Å². The van der Waals surface area contributed by atoms with E-state index in [1.165, 1.54) is 21.2 Å². The van der Waals surface area contributed by atoms with Crippen molar-refractivity contribution >= 4 is 21.0 Å². The van der Waals surface area contributed by atoms with E-state index in [4.69, 9.17) is 9.26 Å². The van der Waals surface area contributed by atoms with Crippen LogP contribution in [0.4, 0.5) is 0 Å². The van der Waals surface area contributed by atoms with Gasteiger partial charge < -0.3 is 9.26 Å². The number of rotatable bonds is 6. The van der Waals surface area contributed by atoms with E-state index in [1.807, 2.05) is 30.3 Å². The van der Waals surface area contributed by atoms with Crippen LogP contribution >= 0.6 is 0 Å². The fourth-order valence-electron chi connectivity index (χ4n) is 3.66. The maximum Gasteiger partial charge on any atom is 0.290 e. The molecule has 0 radical (unpaired) electrons. The van der Waals surface area contributed by atoms with E-state index in [9.17, 15) is 13.2 Å². The van der Waals surface area contributed by atoms with E-state index < -0.39 is 10.0 Å². The number of morpholine rings is 1. The smallest absolute Gasteiger partial charge is 0.290 e. The Morgan fingerprint density at radius 2 is 1.79 bits per heavy atom. The SMILES string of the molecule is CCC(Cn1oc2ccc(S(=O)(=O)N3CCOCC3)cc2c1=O)c1ccccc1. The molecule has 0 aliphatic carbocycles. The monoisotopic (exact) mass is 416 g/mol. The Bertz CT molecular complexity index is 1140. The van der Waals surface area contributed by atoms with Crippen LogP contribution in [0.3, 0.4) is 0 Å². The molecule has 154 valence electrons. The standard InChI is InChI=1S/C21H24N2O5S/c1-2-16(17-6-4-3-5-7-17)15-23-21(24)19-14-18(8-9-20(19)28-23)29(25,26)22-10-12-27-13-11-22/h3-9,14,16H,2,10-13,15H2,1H3. The lowest BCUT2D eigenvalue weighted by Gasteiger charge is -2.25. The van der Waals surface area contributed by atoms with Crippen LogP contribution < -0.4 is 5.56 Å². The highest BCUT2D eigenvalue weighted by Gasteiger charge is 2.27. The molecular formula is C21H24N2O5S. The molecule has 1 unspecified atom stereocenters. The zero-order valence-corrected chi connectivity index (χ0v) is 17.1. The van der Waals surface area contributed by atoms with Gasteiger partial charge in [0.2, 0.25) is 10.0 Å². The quantitative estimate of drug-likeness (QED) is 0.617. The van der Waals surface area contributed by atoms with Gasteiger partial charge in [-0.15, -0.1) is 0 Å². The van der Waals surface area contributed by atoms with Gasteiger partial charge in [0.1, 0.15) is 0 Å². The lowest BCUT2D eigenvalue weighted by Crippen LogP contribution is -2.40. The Balaban J connectivity index is 1.67. The van der Waals surface area contributed by atoms with Crippen LogP contribution in [0, 0.1) is 0 Å². The van der Waals surface area contributed by atoms with Crippen molar-refractivity contribution in [3.05, 3.63) is 64.4 Å². The van der Waals surface area contributed by atoms with Crippen molar-refractivity contribution < 1.29 is 17.7 Å². The third-order valence-electron chi connectivity index (χ3n) is 5.37. The highest BCUT2D eigenvalue weighted by Crippen LogP contribution is 2.24. The van der Waals surface area contributed by atoms with Crippen molar-refractivity contribution in [2.24, 2.45) is 0 Å². The molecule has 1 aliphatic heterocycles. The molecule has 0 amide bonds. The van der Waals surface area contributed by atoms with Gasteiger partial charge in [-0.3, -0.25) is 4.79 Å². The van der Waals surface area contributed by atoms with Crippen molar-refractivity contribution in [1.29, 1.82) is 0 Å². The summed E-state index contributed by atoms with van der Waals surface area (Å²) < 4.78 is 39.5. The number of hydrogen-bond acceptors (Lipinski definition) is 5. The molecule has 1 aromatic heterocycles. The van der Waals surface area contributed by atoms with Gasteiger partial charge in [-0.25, -0.2) is 8.42 Å². The average Bonchev–Trinajstić information content (AvgIpc) is 3.08. The maximum absolute atomic E-state index is 12.9. The molecule has 8 heteroatoms. The molecule has 0 spiro atoms. The van der Waals surface area contributed by atoms with Gasteiger partial charge in [0, 0.05) is 19.0 Å². The van der Waals surface area contributed by atoms with Gasteiger partial charge in [0.25, 0.3) is 5.56 Å². The summed E-state index contributed by atoms with van der Waals surface area (Å²) in [5.74, 6) is 0.131. The summed E-state index contributed by atoms with van der Waals surface area (Å²) in [5.41, 5.74) is 1.21. The van der Waals surface area contributed by atoms with Crippen molar-refractivity contribution in [3.8, 4) is 0 Å². The Morgan fingerprint density at radius 3 is 2.48 bits per heavy atom. The Kier molecular flexibility index (Phi) is 5.58. The van der Waals surface area contributed by atoms with Crippen molar-refractivity contribution in [1.82, 2.24) is 9.05 Å². The molecule has 0 bridgehead atoms. The van der Waals surface area contributed by atoms with Gasteiger partial charge in [0.15, 0.2) is 5.58 Å². The predicted molar refractivity (Wildman–Crippen MR) is 110 cm³/mol. The van der Waals surface area contributed by atoms with Crippen LogP contribution in [0.15, 0.2) is 62.7 Å². The summed E-state index contributed by atoms with van der Waals surface area (Å²) in [5, 5.41) is 0.280. The van der Waals surface area contributed by atoms with Gasteiger partial charge in [-0.2, -0.15) is 9.05 Å². The van der Waals surface area contributed by atoms with Crippen molar-refractivity contribution in [2.45, 2.75) is 30.7 Å². The third kappa shape index (κ3) is 3.88. The largest absolute Gasteiger partial charge is 0.379 e. The number of benzene rings is 2. The molecule has 0 N–H and O–H groups in total. The van der Waals surface area contributed by atoms with Gasteiger partial charge in [-0.05, 0) is 30.2 Å². The molecule has 7 nitrogen and oxygen atoms in total. The van der Waals surface area contributed by atoms with E-state index in [0.29, 0.717) is 38.4 Å². The lowest BCUT2D eigenvalue weighted by atomic mass is 9.97.